The van der Waals surface area contributed by atoms with Crippen LogP contribution in [0.5, 0.6) is 5.75 Å². The van der Waals surface area contributed by atoms with Gasteiger partial charge in [0.15, 0.2) is 0 Å². The number of hydrogen-bond acceptors (Lipinski definition) is 5. The molecule has 0 aliphatic rings. The molecule has 3 rings (SSSR count). The molecule has 0 unspecified atom stereocenters. The highest BCUT2D eigenvalue weighted by molar-refractivity contribution is 5.84. The lowest BCUT2D eigenvalue weighted by Gasteiger charge is -2.09. The van der Waals surface area contributed by atoms with Gasteiger partial charge in [-0.15, -0.1) is 0 Å². The van der Waals surface area contributed by atoms with Crippen LogP contribution in [0.1, 0.15) is 16.7 Å². The summed E-state index contributed by atoms with van der Waals surface area (Å²) >= 11 is 0. The van der Waals surface area contributed by atoms with Gasteiger partial charge in [-0.3, -0.25) is 15.5 Å². The molecule has 6 nitrogen and oxygen atoms in total. The maximum Gasteiger partial charge on any atom is 0.416 e. The third-order valence-electron chi connectivity index (χ3n) is 4.04. The predicted octanol–water partition coefficient (Wildman–Crippen LogP) is 5.64. The molecule has 1 N–H and O–H groups in total. The second kappa shape index (κ2) is 9.08. The highest BCUT2D eigenvalue weighted by Gasteiger charge is 2.29. The average Bonchev–Trinajstić information content (AvgIpc) is 2.73. The van der Waals surface area contributed by atoms with Crippen LogP contribution in [0.2, 0.25) is 0 Å². The van der Waals surface area contributed by atoms with E-state index in [0.29, 0.717) is 22.6 Å². The Hall–Kier alpha value is -3.88. The highest BCUT2D eigenvalue weighted by atomic mass is 19.4. The molecule has 0 aliphatic heterocycles. The van der Waals surface area contributed by atoms with E-state index >= 15 is 0 Å². The van der Waals surface area contributed by atoms with E-state index in [1.807, 2.05) is 0 Å². The number of para-hydroxylation sites is 1. The monoisotopic (exact) mass is 415 g/mol. The molecule has 0 amide bonds. The lowest BCUT2D eigenvalue weighted by molar-refractivity contribution is -0.384. The number of alkyl halides is 3. The number of nitrogens with zero attached hydrogens (tertiary/aromatic N) is 2. The van der Waals surface area contributed by atoms with Gasteiger partial charge in [0, 0.05) is 17.7 Å². The first-order valence-corrected chi connectivity index (χ1v) is 8.74. The molecule has 3 aromatic carbocycles. The standard InChI is InChI=1S/C21H16F3N3O3/c22-21(23,24)17-8-10-18(11-9-17)26-25-13-16-5-1-2-7-20(16)30-14-15-4-3-6-19(12-15)27(28)29/h1-13,26H,14H2/b25-13+. The summed E-state index contributed by atoms with van der Waals surface area (Å²) in [5.74, 6) is 0.502. The number of benzene rings is 3. The van der Waals surface area contributed by atoms with Crippen molar-refractivity contribution < 1.29 is 22.8 Å². The van der Waals surface area contributed by atoms with Crippen LogP contribution >= 0.6 is 0 Å². The van der Waals surface area contributed by atoms with E-state index in [0.717, 1.165) is 12.1 Å². The first kappa shape index (κ1) is 20.8. The van der Waals surface area contributed by atoms with Gasteiger partial charge in [0.25, 0.3) is 5.69 Å². The number of nitrogens with one attached hydrogen (secondary N) is 1. The van der Waals surface area contributed by atoms with Gasteiger partial charge in [0.1, 0.15) is 12.4 Å². The maximum absolute atomic E-state index is 12.6. The molecule has 0 saturated heterocycles. The minimum absolute atomic E-state index is 0.0216. The van der Waals surface area contributed by atoms with E-state index in [4.69, 9.17) is 4.74 Å². The summed E-state index contributed by atoms with van der Waals surface area (Å²) in [7, 11) is 0. The lowest BCUT2D eigenvalue weighted by Crippen LogP contribution is -2.04. The van der Waals surface area contributed by atoms with Gasteiger partial charge in [-0.1, -0.05) is 24.3 Å². The minimum atomic E-state index is -4.39. The molecule has 30 heavy (non-hydrogen) atoms. The Morgan fingerprint density at radius 2 is 1.77 bits per heavy atom. The van der Waals surface area contributed by atoms with Crippen molar-refractivity contribution in [3.8, 4) is 5.75 Å². The summed E-state index contributed by atoms with van der Waals surface area (Å²) in [5.41, 5.74) is 3.57. The number of hydrazone groups is 1. The van der Waals surface area contributed by atoms with Crippen molar-refractivity contribution in [2.75, 3.05) is 5.43 Å². The summed E-state index contributed by atoms with van der Waals surface area (Å²) in [4.78, 5) is 10.4. The van der Waals surface area contributed by atoms with E-state index in [2.05, 4.69) is 10.5 Å². The zero-order valence-corrected chi connectivity index (χ0v) is 15.5. The maximum atomic E-state index is 12.6. The zero-order chi connectivity index (χ0) is 21.6. The van der Waals surface area contributed by atoms with E-state index in [1.165, 1.54) is 30.5 Å². The fourth-order valence-corrected chi connectivity index (χ4v) is 2.55. The first-order chi connectivity index (χ1) is 14.3. The van der Waals surface area contributed by atoms with Gasteiger partial charge in [0.05, 0.1) is 22.4 Å². The van der Waals surface area contributed by atoms with Gasteiger partial charge in [-0.25, -0.2) is 0 Å². The van der Waals surface area contributed by atoms with Crippen molar-refractivity contribution in [2.24, 2.45) is 5.10 Å². The summed E-state index contributed by atoms with van der Waals surface area (Å²) < 4.78 is 43.5. The quantitative estimate of drug-likeness (QED) is 0.308. The summed E-state index contributed by atoms with van der Waals surface area (Å²) in [5, 5.41) is 14.9. The highest BCUT2D eigenvalue weighted by Crippen LogP contribution is 2.29. The topological polar surface area (TPSA) is 76.8 Å². The molecule has 0 radical (unpaired) electrons. The SMILES string of the molecule is O=[N+]([O-])c1cccc(COc2ccccc2/C=N/Nc2ccc(C(F)(F)F)cc2)c1. The number of nitro benzene ring substituents is 1. The molecule has 0 heterocycles. The smallest absolute Gasteiger partial charge is 0.416 e. The molecule has 3 aromatic rings. The first-order valence-electron chi connectivity index (χ1n) is 8.74. The van der Waals surface area contributed by atoms with E-state index < -0.39 is 16.7 Å². The number of rotatable bonds is 7. The molecule has 9 heteroatoms. The second-order valence-corrected chi connectivity index (χ2v) is 6.20. The van der Waals surface area contributed by atoms with Crippen molar-refractivity contribution in [2.45, 2.75) is 12.8 Å². The van der Waals surface area contributed by atoms with Crippen LogP contribution in [0.15, 0.2) is 77.9 Å². The van der Waals surface area contributed by atoms with E-state index in [9.17, 15) is 23.3 Å². The van der Waals surface area contributed by atoms with Crippen molar-refractivity contribution in [3.05, 3.63) is 99.6 Å². The normalized spacial score (nSPS) is 11.4. The molecular weight excluding hydrogens is 399 g/mol. The molecule has 0 bridgehead atoms. The third-order valence-corrected chi connectivity index (χ3v) is 4.04. The Bertz CT molecular complexity index is 1050. The molecule has 0 fully saturated rings. The summed E-state index contributed by atoms with van der Waals surface area (Å²) in [6.45, 7) is 0.124. The molecule has 0 spiro atoms. The Morgan fingerprint density at radius 3 is 2.47 bits per heavy atom. The van der Waals surface area contributed by atoms with Crippen LogP contribution in [0.25, 0.3) is 0 Å². The van der Waals surface area contributed by atoms with Crippen molar-refractivity contribution in [3.63, 3.8) is 0 Å². The number of halogens is 3. The van der Waals surface area contributed by atoms with Crippen molar-refractivity contribution >= 4 is 17.6 Å². The number of hydrogen-bond donors (Lipinski definition) is 1. The number of nitro groups is 1. The van der Waals surface area contributed by atoms with Gasteiger partial charge in [-0.2, -0.15) is 18.3 Å². The molecule has 154 valence electrons. The zero-order valence-electron chi connectivity index (χ0n) is 15.5. The van der Waals surface area contributed by atoms with Crippen molar-refractivity contribution in [1.29, 1.82) is 0 Å². The molecule has 0 saturated carbocycles. The Balaban J connectivity index is 1.65. The third kappa shape index (κ3) is 5.57. The summed E-state index contributed by atoms with van der Waals surface area (Å²) in [6, 6.07) is 17.6. The Morgan fingerprint density at radius 1 is 1.03 bits per heavy atom. The van der Waals surface area contributed by atoms with E-state index in [1.54, 1.807) is 36.4 Å². The number of anilines is 1. The molecular formula is C21H16F3N3O3. The van der Waals surface area contributed by atoms with Gasteiger partial charge in [0.2, 0.25) is 0 Å². The minimum Gasteiger partial charge on any atom is -0.488 e. The predicted molar refractivity (Wildman–Crippen MR) is 107 cm³/mol. The largest absolute Gasteiger partial charge is 0.488 e. The molecule has 0 atom stereocenters. The van der Waals surface area contributed by atoms with Gasteiger partial charge < -0.3 is 4.74 Å². The van der Waals surface area contributed by atoms with E-state index in [-0.39, 0.29) is 12.3 Å². The van der Waals surface area contributed by atoms with Crippen LogP contribution < -0.4 is 10.2 Å². The van der Waals surface area contributed by atoms with Gasteiger partial charge >= 0.3 is 6.18 Å². The molecule has 0 aliphatic carbocycles. The van der Waals surface area contributed by atoms with Crippen LogP contribution in [0.4, 0.5) is 24.5 Å². The fourth-order valence-electron chi connectivity index (χ4n) is 2.55. The molecule has 0 aromatic heterocycles. The lowest BCUT2D eigenvalue weighted by atomic mass is 10.2. The fraction of sp³-hybridized carbons (Fsp3) is 0.0952. The summed E-state index contributed by atoms with van der Waals surface area (Å²) in [6.07, 6.45) is -2.92. The van der Waals surface area contributed by atoms with Crippen LogP contribution in [0, 0.1) is 10.1 Å². The Kier molecular flexibility index (Phi) is 6.31. The average molecular weight is 415 g/mol. The number of non-ortho nitro benzene ring substituents is 1. The van der Waals surface area contributed by atoms with Crippen LogP contribution in [-0.2, 0) is 12.8 Å². The van der Waals surface area contributed by atoms with Crippen molar-refractivity contribution in [1.82, 2.24) is 0 Å². The van der Waals surface area contributed by atoms with Crippen LogP contribution in [0.3, 0.4) is 0 Å². The number of ether oxygens (including phenoxy) is 1. The van der Waals surface area contributed by atoms with Crippen LogP contribution in [-0.4, -0.2) is 11.1 Å². The second-order valence-electron chi connectivity index (χ2n) is 6.20. The van der Waals surface area contributed by atoms with Gasteiger partial charge in [-0.05, 0) is 42.0 Å². The Labute approximate surface area is 169 Å².